The fraction of sp³-hybridized carbons (Fsp3) is 0.500. The maximum Gasteiger partial charge on any atom is 0.287 e. The minimum absolute atomic E-state index is 0.0705. The van der Waals surface area contributed by atoms with Gasteiger partial charge in [0.1, 0.15) is 6.54 Å². The van der Waals surface area contributed by atoms with Gasteiger partial charge in [-0.2, -0.15) is 0 Å². The van der Waals surface area contributed by atoms with Crippen LogP contribution in [0.15, 0.2) is 27.8 Å². The topological polar surface area (TPSA) is 99.0 Å². The fourth-order valence-electron chi connectivity index (χ4n) is 1.48. The zero-order chi connectivity index (χ0) is 16.4. The minimum Gasteiger partial charge on any atom is -0.459 e. The summed E-state index contributed by atoms with van der Waals surface area (Å²) in [5.41, 5.74) is 0. The highest BCUT2D eigenvalue weighted by molar-refractivity contribution is 5.91. The average molecular weight is 309 g/mol. The molecular formula is C14H23N5O3. The summed E-state index contributed by atoms with van der Waals surface area (Å²) >= 11 is 0. The van der Waals surface area contributed by atoms with Crippen molar-refractivity contribution in [3.63, 3.8) is 0 Å². The summed E-state index contributed by atoms with van der Waals surface area (Å²) in [7, 11) is 3.37. The highest BCUT2D eigenvalue weighted by Gasteiger charge is 2.07. The standard InChI is InChI=1S/C14H23N5O3/c1-4-15-14(18-10-12(20)19(2)3)17-8-7-16-13(21)11-6-5-9-22-11/h5-6,9H,4,7-8,10H2,1-3H3,(H,16,21)(H2,15,17,18). The molecule has 0 radical (unpaired) electrons. The van der Waals surface area contributed by atoms with Crippen LogP contribution in [0, 0.1) is 0 Å². The summed E-state index contributed by atoms with van der Waals surface area (Å²) < 4.78 is 4.99. The maximum atomic E-state index is 11.6. The molecule has 0 aromatic carbocycles. The molecule has 122 valence electrons. The second kappa shape index (κ2) is 9.43. The van der Waals surface area contributed by atoms with Gasteiger partial charge in [-0.05, 0) is 19.1 Å². The molecule has 3 N–H and O–H groups in total. The van der Waals surface area contributed by atoms with E-state index in [4.69, 9.17) is 4.42 Å². The molecular weight excluding hydrogens is 286 g/mol. The van der Waals surface area contributed by atoms with E-state index >= 15 is 0 Å². The van der Waals surface area contributed by atoms with Crippen LogP contribution in [0.3, 0.4) is 0 Å². The van der Waals surface area contributed by atoms with E-state index in [0.29, 0.717) is 25.6 Å². The lowest BCUT2D eigenvalue weighted by molar-refractivity contribution is -0.127. The first kappa shape index (κ1) is 17.5. The van der Waals surface area contributed by atoms with Crippen molar-refractivity contribution < 1.29 is 14.0 Å². The van der Waals surface area contributed by atoms with Crippen LogP contribution in [0.25, 0.3) is 0 Å². The van der Waals surface area contributed by atoms with Crippen LogP contribution < -0.4 is 16.0 Å². The number of furan rings is 1. The van der Waals surface area contributed by atoms with Gasteiger partial charge in [0.15, 0.2) is 11.7 Å². The van der Waals surface area contributed by atoms with E-state index in [0.717, 1.165) is 0 Å². The van der Waals surface area contributed by atoms with Crippen LogP contribution in [-0.4, -0.2) is 62.9 Å². The molecule has 0 bridgehead atoms. The lowest BCUT2D eigenvalue weighted by Crippen LogP contribution is -2.42. The zero-order valence-electron chi connectivity index (χ0n) is 13.2. The van der Waals surface area contributed by atoms with E-state index in [1.54, 1.807) is 26.2 Å². The number of likely N-dealkylation sites (N-methyl/N-ethyl adjacent to an activating group) is 1. The fourth-order valence-corrected chi connectivity index (χ4v) is 1.48. The molecule has 1 aromatic heterocycles. The van der Waals surface area contributed by atoms with Gasteiger partial charge in [0.2, 0.25) is 5.91 Å². The normalized spacial score (nSPS) is 11.0. The average Bonchev–Trinajstić information content (AvgIpc) is 3.02. The zero-order valence-corrected chi connectivity index (χ0v) is 13.2. The molecule has 0 aliphatic heterocycles. The minimum atomic E-state index is -0.267. The Labute approximate surface area is 130 Å². The van der Waals surface area contributed by atoms with E-state index in [2.05, 4.69) is 20.9 Å². The van der Waals surface area contributed by atoms with Gasteiger partial charge in [-0.1, -0.05) is 0 Å². The van der Waals surface area contributed by atoms with Crippen molar-refractivity contribution in [2.24, 2.45) is 4.99 Å². The van der Waals surface area contributed by atoms with E-state index < -0.39 is 0 Å². The second-order valence-corrected chi connectivity index (χ2v) is 4.64. The Morgan fingerprint density at radius 1 is 1.23 bits per heavy atom. The summed E-state index contributed by atoms with van der Waals surface area (Å²) in [4.78, 5) is 28.8. The highest BCUT2D eigenvalue weighted by Crippen LogP contribution is 1.98. The van der Waals surface area contributed by atoms with Gasteiger partial charge in [0.05, 0.1) is 6.26 Å². The number of nitrogens with one attached hydrogen (secondary N) is 3. The predicted molar refractivity (Wildman–Crippen MR) is 83.7 cm³/mol. The van der Waals surface area contributed by atoms with E-state index in [-0.39, 0.29) is 24.1 Å². The molecule has 0 spiro atoms. The van der Waals surface area contributed by atoms with Crippen LogP contribution in [0.4, 0.5) is 0 Å². The summed E-state index contributed by atoms with van der Waals surface area (Å²) in [5.74, 6) is 0.460. The molecule has 22 heavy (non-hydrogen) atoms. The van der Waals surface area contributed by atoms with Gasteiger partial charge < -0.3 is 25.3 Å². The van der Waals surface area contributed by atoms with Crippen LogP contribution >= 0.6 is 0 Å². The molecule has 1 rings (SSSR count). The molecule has 1 aromatic rings. The Balaban J connectivity index is 2.33. The van der Waals surface area contributed by atoms with E-state index in [1.165, 1.54) is 11.2 Å². The Hall–Kier alpha value is -2.51. The summed E-state index contributed by atoms with van der Waals surface area (Å²) in [6.45, 7) is 3.57. The molecule has 1 heterocycles. The van der Waals surface area contributed by atoms with Crippen molar-refractivity contribution in [3.8, 4) is 0 Å². The van der Waals surface area contributed by atoms with Gasteiger partial charge in [0.25, 0.3) is 5.91 Å². The van der Waals surface area contributed by atoms with E-state index in [9.17, 15) is 9.59 Å². The Bertz CT molecular complexity index is 497. The second-order valence-electron chi connectivity index (χ2n) is 4.64. The smallest absolute Gasteiger partial charge is 0.287 e. The number of aliphatic imine (C=N–C) groups is 1. The maximum absolute atomic E-state index is 11.6. The van der Waals surface area contributed by atoms with Crippen LogP contribution in [-0.2, 0) is 4.79 Å². The quantitative estimate of drug-likeness (QED) is 0.363. The van der Waals surface area contributed by atoms with E-state index in [1.807, 2.05) is 6.92 Å². The van der Waals surface area contributed by atoms with Gasteiger partial charge in [0, 0.05) is 33.7 Å². The first-order valence-corrected chi connectivity index (χ1v) is 7.08. The SMILES string of the molecule is CCNC(=NCC(=O)N(C)C)NCCNC(=O)c1ccco1. The number of rotatable bonds is 7. The number of carbonyl (C=O) groups is 2. The van der Waals surface area contributed by atoms with Crippen molar-refractivity contribution >= 4 is 17.8 Å². The first-order valence-electron chi connectivity index (χ1n) is 7.08. The summed E-state index contributed by atoms with van der Waals surface area (Å²) in [6, 6.07) is 3.26. The summed E-state index contributed by atoms with van der Waals surface area (Å²) in [5, 5.41) is 8.78. The third-order valence-corrected chi connectivity index (χ3v) is 2.66. The van der Waals surface area contributed by atoms with Gasteiger partial charge >= 0.3 is 0 Å². The van der Waals surface area contributed by atoms with Crippen molar-refractivity contribution in [2.45, 2.75) is 6.92 Å². The molecule has 0 fully saturated rings. The molecule has 2 amide bonds. The number of hydrogen-bond acceptors (Lipinski definition) is 4. The lowest BCUT2D eigenvalue weighted by Gasteiger charge is -2.12. The number of amides is 2. The largest absolute Gasteiger partial charge is 0.459 e. The molecule has 0 unspecified atom stereocenters. The molecule has 0 aliphatic carbocycles. The monoisotopic (exact) mass is 309 g/mol. The molecule has 0 saturated heterocycles. The number of hydrogen-bond donors (Lipinski definition) is 3. The van der Waals surface area contributed by atoms with Crippen LogP contribution in [0.1, 0.15) is 17.5 Å². The first-order chi connectivity index (χ1) is 10.5. The number of carbonyl (C=O) groups excluding carboxylic acids is 2. The number of nitrogens with zero attached hydrogens (tertiary/aromatic N) is 2. The van der Waals surface area contributed by atoms with Crippen molar-refractivity contribution in [1.82, 2.24) is 20.9 Å². The molecule has 8 heteroatoms. The number of guanidine groups is 1. The molecule has 8 nitrogen and oxygen atoms in total. The van der Waals surface area contributed by atoms with Gasteiger partial charge in [-0.3, -0.25) is 9.59 Å². The third-order valence-electron chi connectivity index (χ3n) is 2.66. The Kier molecular flexibility index (Phi) is 7.52. The molecule has 0 aliphatic rings. The predicted octanol–water partition coefficient (Wildman–Crippen LogP) is -0.347. The molecule has 0 atom stereocenters. The van der Waals surface area contributed by atoms with Crippen LogP contribution in [0.2, 0.25) is 0 Å². The lowest BCUT2D eigenvalue weighted by atomic mass is 10.4. The van der Waals surface area contributed by atoms with Gasteiger partial charge in [-0.15, -0.1) is 0 Å². The molecule has 0 saturated carbocycles. The van der Waals surface area contributed by atoms with Crippen molar-refractivity contribution in [1.29, 1.82) is 0 Å². The third kappa shape index (κ3) is 6.29. The van der Waals surface area contributed by atoms with Crippen molar-refractivity contribution in [3.05, 3.63) is 24.2 Å². The highest BCUT2D eigenvalue weighted by atomic mass is 16.3. The summed E-state index contributed by atoms with van der Waals surface area (Å²) in [6.07, 6.45) is 1.45. The van der Waals surface area contributed by atoms with Crippen molar-refractivity contribution in [2.75, 3.05) is 40.3 Å². The Morgan fingerprint density at radius 3 is 2.55 bits per heavy atom. The van der Waals surface area contributed by atoms with Gasteiger partial charge in [-0.25, -0.2) is 4.99 Å². The Morgan fingerprint density at radius 2 is 1.95 bits per heavy atom. The van der Waals surface area contributed by atoms with Crippen LogP contribution in [0.5, 0.6) is 0 Å².